The topological polar surface area (TPSA) is 104 Å². The van der Waals surface area contributed by atoms with E-state index in [0.29, 0.717) is 16.9 Å². The molecule has 0 saturated carbocycles. The summed E-state index contributed by atoms with van der Waals surface area (Å²) < 4.78 is 24.9. The van der Waals surface area contributed by atoms with Gasteiger partial charge in [0.05, 0.1) is 10.3 Å². The van der Waals surface area contributed by atoms with Crippen LogP contribution in [0.25, 0.3) is 22.3 Å². The lowest BCUT2D eigenvalue weighted by Gasteiger charge is -2.01. The molecule has 1 aromatic carbocycles. The largest absolute Gasteiger partial charge is 0.368 e. The van der Waals surface area contributed by atoms with Gasteiger partial charge in [0.25, 0.3) is 0 Å². The summed E-state index contributed by atoms with van der Waals surface area (Å²) in [7, 11) is -1.52. The normalized spacial score (nSPS) is 11.9. The Hall–Kier alpha value is -2.48. The molecule has 2 heterocycles. The van der Waals surface area contributed by atoms with Crippen molar-refractivity contribution in [1.82, 2.24) is 19.7 Å². The highest BCUT2D eigenvalue weighted by molar-refractivity contribution is 7.90. The monoisotopic (exact) mass is 303 g/mol. The van der Waals surface area contributed by atoms with Crippen LogP contribution in [0.4, 0.5) is 5.95 Å². The minimum Gasteiger partial charge on any atom is -0.368 e. The van der Waals surface area contributed by atoms with Gasteiger partial charge in [0.1, 0.15) is 5.69 Å². The maximum atomic E-state index is 11.7. The van der Waals surface area contributed by atoms with E-state index in [1.807, 2.05) is 0 Å². The number of rotatable bonds is 2. The predicted molar refractivity (Wildman–Crippen MR) is 79.3 cm³/mol. The van der Waals surface area contributed by atoms with Crippen molar-refractivity contribution >= 4 is 26.8 Å². The number of nitrogen functional groups attached to an aromatic ring is 1. The first kappa shape index (κ1) is 13.5. The number of benzene rings is 1. The Morgan fingerprint density at radius 3 is 2.76 bits per heavy atom. The number of nitrogens with zero attached hydrogens (tertiary/aromatic N) is 4. The Balaban J connectivity index is 2.26. The summed E-state index contributed by atoms with van der Waals surface area (Å²) in [6.45, 7) is 0. The maximum Gasteiger partial charge on any atom is 0.222 e. The first-order valence-corrected chi connectivity index (χ1v) is 8.01. The van der Waals surface area contributed by atoms with Crippen molar-refractivity contribution in [3.8, 4) is 11.3 Å². The molecule has 0 unspecified atom stereocenters. The molecule has 0 aliphatic carbocycles. The average molecular weight is 303 g/mol. The fourth-order valence-electron chi connectivity index (χ4n) is 2.14. The third-order valence-corrected chi connectivity index (χ3v) is 4.24. The van der Waals surface area contributed by atoms with Gasteiger partial charge in [-0.1, -0.05) is 12.1 Å². The first-order chi connectivity index (χ1) is 9.86. The number of aryl methyl sites for hydroxylation is 1. The summed E-state index contributed by atoms with van der Waals surface area (Å²) >= 11 is 0. The van der Waals surface area contributed by atoms with Crippen LogP contribution in [0.15, 0.2) is 35.4 Å². The average Bonchev–Trinajstić information content (AvgIpc) is 2.75. The van der Waals surface area contributed by atoms with E-state index in [1.165, 1.54) is 6.26 Å². The standard InChI is InChI=1S/C13H13N5O2S/c1-18-12-10(7-15-13(14)16-12)11(17-18)8-4-3-5-9(6-8)21(2,19)20/h3-7H,1-2H3,(H2,14,15,16). The molecule has 0 atom stereocenters. The van der Waals surface area contributed by atoms with Crippen LogP contribution in [0, 0.1) is 0 Å². The summed E-state index contributed by atoms with van der Waals surface area (Å²) in [5.74, 6) is 0.168. The Morgan fingerprint density at radius 2 is 2.05 bits per heavy atom. The van der Waals surface area contributed by atoms with Gasteiger partial charge in [-0.05, 0) is 12.1 Å². The van der Waals surface area contributed by atoms with E-state index in [-0.39, 0.29) is 10.8 Å². The Bertz CT molecular complexity index is 946. The van der Waals surface area contributed by atoms with Crippen molar-refractivity contribution in [1.29, 1.82) is 0 Å². The van der Waals surface area contributed by atoms with E-state index in [1.54, 1.807) is 42.2 Å². The molecule has 0 spiro atoms. The highest BCUT2D eigenvalue weighted by atomic mass is 32.2. The van der Waals surface area contributed by atoms with E-state index >= 15 is 0 Å². The predicted octanol–water partition coefficient (Wildman–Crippen LogP) is 1.02. The fraction of sp³-hybridized carbons (Fsp3) is 0.154. The number of aromatic nitrogens is 4. The van der Waals surface area contributed by atoms with Gasteiger partial charge < -0.3 is 5.73 Å². The molecule has 0 saturated heterocycles. The van der Waals surface area contributed by atoms with Gasteiger partial charge in [0, 0.05) is 25.1 Å². The lowest BCUT2D eigenvalue weighted by atomic mass is 10.1. The summed E-state index contributed by atoms with van der Waals surface area (Å²) in [5.41, 5.74) is 7.49. The number of fused-ring (bicyclic) bond motifs is 1. The molecule has 0 bridgehead atoms. The zero-order chi connectivity index (χ0) is 15.2. The lowest BCUT2D eigenvalue weighted by molar-refractivity contribution is 0.602. The van der Waals surface area contributed by atoms with E-state index in [9.17, 15) is 8.42 Å². The molecule has 8 heteroatoms. The molecule has 3 aromatic rings. The maximum absolute atomic E-state index is 11.7. The minimum atomic E-state index is -3.27. The minimum absolute atomic E-state index is 0.168. The van der Waals surface area contributed by atoms with Crippen molar-refractivity contribution in [2.75, 3.05) is 12.0 Å². The summed E-state index contributed by atoms with van der Waals surface area (Å²) in [5, 5.41) is 5.11. The van der Waals surface area contributed by atoms with E-state index in [0.717, 1.165) is 5.39 Å². The number of hydrogen-bond acceptors (Lipinski definition) is 6. The molecule has 0 amide bonds. The van der Waals surface area contributed by atoms with Crippen LogP contribution in [-0.4, -0.2) is 34.4 Å². The zero-order valence-corrected chi connectivity index (χ0v) is 12.3. The van der Waals surface area contributed by atoms with Gasteiger partial charge in [0.15, 0.2) is 15.5 Å². The van der Waals surface area contributed by atoms with Crippen LogP contribution < -0.4 is 5.73 Å². The molecule has 0 fully saturated rings. The van der Waals surface area contributed by atoms with Crippen molar-refractivity contribution < 1.29 is 8.42 Å². The van der Waals surface area contributed by atoms with Gasteiger partial charge in [-0.15, -0.1) is 0 Å². The summed E-state index contributed by atoms with van der Waals surface area (Å²) in [6.07, 6.45) is 2.76. The highest BCUT2D eigenvalue weighted by Crippen LogP contribution is 2.27. The molecule has 3 rings (SSSR count). The van der Waals surface area contributed by atoms with Gasteiger partial charge >= 0.3 is 0 Å². The van der Waals surface area contributed by atoms with Crippen LogP contribution in [0.3, 0.4) is 0 Å². The highest BCUT2D eigenvalue weighted by Gasteiger charge is 2.15. The van der Waals surface area contributed by atoms with Crippen molar-refractivity contribution in [3.63, 3.8) is 0 Å². The molecule has 2 N–H and O–H groups in total. The van der Waals surface area contributed by atoms with Crippen LogP contribution >= 0.6 is 0 Å². The second kappa shape index (κ2) is 4.52. The fourth-order valence-corrected chi connectivity index (χ4v) is 2.81. The molecule has 21 heavy (non-hydrogen) atoms. The van der Waals surface area contributed by atoms with Crippen LogP contribution in [0.2, 0.25) is 0 Å². The SMILES string of the molecule is Cn1nc(-c2cccc(S(C)(=O)=O)c2)c2cnc(N)nc21. The van der Waals surface area contributed by atoms with E-state index < -0.39 is 9.84 Å². The lowest BCUT2D eigenvalue weighted by Crippen LogP contribution is -1.97. The van der Waals surface area contributed by atoms with E-state index in [2.05, 4.69) is 15.1 Å². The molecule has 7 nitrogen and oxygen atoms in total. The molecule has 0 aliphatic rings. The third kappa shape index (κ3) is 2.33. The number of hydrogen-bond donors (Lipinski definition) is 1. The van der Waals surface area contributed by atoms with Gasteiger partial charge in [-0.25, -0.2) is 18.1 Å². The van der Waals surface area contributed by atoms with E-state index in [4.69, 9.17) is 5.73 Å². The second-order valence-corrected chi connectivity index (χ2v) is 6.75. The van der Waals surface area contributed by atoms with Crippen LogP contribution in [-0.2, 0) is 16.9 Å². The van der Waals surface area contributed by atoms with Gasteiger partial charge in [0.2, 0.25) is 5.95 Å². The zero-order valence-electron chi connectivity index (χ0n) is 11.5. The smallest absolute Gasteiger partial charge is 0.222 e. The summed E-state index contributed by atoms with van der Waals surface area (Å²) in [6, 6.07) is 6.63. The Labute approximate surface area is 121 Å². The van der Waals surface area contributed by atoms with Crippen molar-refractivity contribution in [2.24, 2.45) is 7.05 Å². The van der Waals surface area contributed by atoms with Gasteiger partial charge in [-0.2, -0.15) is 10.1 Å². The second-order valence-electron chi connectivity index (χ2n) is 4.74. The summed E-state index contributed by atoms with van der Waals surface area (Å²) in [4.78, 5) is 8.36. The van der Waals surface area contributed by atoms with Crippen LogP contribution in [0.5, 0.6) is 0 Å². The Kier molecular flexibility index (Phi) is 2.91. The quantitative estimate of drug-likeness (QED) is 0.758. The molecular weight excluding hydrogens is 290 g/mol. The Morgan fingerprint density at radius 1 is 1.29 bits per heavy atom. The molecular formula is C13H13N5O2S. The molecule has 2 aromatic heterocycles. The van der Waals surface area contributed by atoms with Crippen LogP contribution in [0.1, 0.15) is 0 Å². The van der Waals surface area contributed by atoms with Crippen molar-refractivity contribution in [2.45, 2.75) is 4.90 Å². The molecule has 108 valence electrons. The third-order valence-electron chi connectivity index (χ3n) is 3.13. The van der Waals surface area contributed by atoms with Crippen molar-refractivity contribution in [3.05, 3.63) is 30.5 Å². The molecule has 0 aliphatic heterocycles. The number of anilines is 1. The van der Waals surface area contributed by atoms with Gasteiger partial charge in [-0.3, -0.25) is 0 Å². The first-order valence-electron chi connectivity index (χ1n) is 6.12. The number of sulfone groups is 1. The molecule has 0 radical (unpaired) electrons. The number of nitrogens with two attached hydrogens (primary N) is 1.